The van der Waals surface area contributed by atoms with Crippen LogP contribution >= 0.6 is 35.3 Å². The van der Waals surface area contributed by atoms with Gasteiger partial charge in [-0.25, -0.2) is 4.98 Å². The fourth-order valence-electron chi connectivity index (χ4n) is 2.19. The minimum Gasteiger partial charge on any atom is -0.356 e. The lowest BCUT2D eigenvalue weighted by atomic mass is 10.1. The van der Waals surface area contributed by atoms with Crippen LogP contribution in [0.15, 0.2) is 34.6 Å². The highest BCUT2D eigenvalue weighted by molar-refractivity contribution is 14.0. The molecule has 2 aromatic rings. The van der Waals surface area contributed by atoms with E-state index in [9.17, 15) is 0 Å². The summed E-state index contributed by atoms with van der Waals surface area (Å²) < 4.78 is 0. The van der Waals surface area contributed by atoms with Crippen molar-refractivity contribution in [2.45, 2.75) is 33.2 Å². The second kappa shape index (κ2) is 10.6. The zero-order valence-corrected chi connectivity index (χ0v) is 17.1. The van der Waals surface area contributed by atoms with E-state index < -0.39 is 0 Å². The number of rotatable bonds is 6. The van der Waals surface area contributed by atoms with Crippen LogP contribution in [0.3, 0.4) is 0 Å². The van der Waals surface area contributed by atoms with Crippen molar-refractivity contribution >= 4 is 41.3 Å². The lowest BCUT2D eigenvalue weighted by Gasteiger charge is -2.12. The molecule has 0 amide bonds. The van der Waals surface area contributed by atoms with Gasteiger partial charge in [0.1, 0.15) is 0 Å². The Bertz CT molecular complexity index is 625. The molecule has 0 aliphatic rings. The van der Waals surface area contributed by atoms with Crippen molar-refractivity contribution in [3.63, 3.8) is 0 Å². The molecule has 2 N–H and O–H groups in total. The summed E-state index contributed by atoms with van der Waals surface area (Å²) in [4.78, 5) is 8.73. The summed E-state index contributed by atoms with van der Waals surface area (Å²) in [7, 11) is 1.80. The molecule has 0 bridgehead atoms. The molecule has 23 heavy (non-hydrogen) atoms. The SMILES string of the molecule is CN=C(NCCCc1nc(C)cs1)NCc1cccc(C)c1.I. The second-order valence-electron chi connectivity index (χ2n) is 5.33. The number of guanidine groups is 1. The molecule has 126 valence electrons. The van der Waals surface area contributed by atoms with Gasteiger partial charge in [-0.15, -0.1) is 35.3 Å². The Hall–Kier alpha value is -1.15. The van der Waals surface area contributed by atoms with Crippen LogP contribution in [0.4, 0.5) is 0 Å². The van der Waals surface area contributed by atoms with Crippen molar-refractivity contribution in [3.8, 4) is 0 Å². The summed E-state index contributed by atoms with van der Waals surface area (Å²) >= 11 is 1.74. The molecule has 2 rings (SSSR count). The van der Waals surface area contributed by atoms with Crippen LogP contribution in [-0.4, -0.2) is 24.5 Å². The number of aliphatic imine (C=N–C) groups is 1. The van der Waals surface area contributed by atoms with Crippen molar-refractivity contribution in [1.29, 1.82) is 0 Å². The zero-order chi connectivity index (χ0) is 15.8. The Balaban J connectivity index is 0.00000264. The van der Waals surface area contributed by atoms with Crippen molar-refractivity contribution in [1.82, 2.24) is 15.6 Å². The fraction of sp³-hybridized carbons (Fsp3) is 0.412. The van der Waals surface area contributed by atoms with Crippen LogP contribution in [-0.2, 0) is 13.0 Å². The Morgan fingerprint density at radius 1 is 1.26 bits per heavy atom. The molecule has 4 nitrogen and oxygen atoms in total. The second-order valence-corrected chi connectivity index (χ2v) is 6.27. The van der Waals surface area contributed by atoms with Gasteiger partial charge in [-0.3, -0.25) is 4.99 Å². The molecule has 1 aromatic heterocycles. The number of aryl methyl sites for hydroxylation is 3. The summed E-state index contributed by atoms with van der Waals surface area (Å²) in [6.07, 6.45) is 2.07. The van der Waals surface area contributed by atoms with E-state index in [0.717, 1.165) is 37.6 Å². The van der Waals surface area contributed by atoms with Gasteiger partial charge in [-0.1, -0.05) is 29.8 Å². The molecule has 0 fully saturated rings. The number of benzene rings is 1. The maximum atomic E-state index is 4.48. The van der Waals surface area contributed by atoms with Gasteiger partial charge in [0, 0.05) is 37.6 Å². The quantitative estimate of drug-likeness (QED) is 0.309. The summed E-state index contributed by atoms with van der Waals surface area (Å²) in [5, 5.41) is 10.0. The predicted molar refractivity (Wildman–Crippen MR) is 110 cm³/mol. The van der Waals surface area contributed by atoms with E-state index in [4.69, 9.17) is 0 Å². The fourth-order valence-corrected chi connectivity index (χ4v) is 3.01. The third kappa shape index (κ3) is 7.30. The molecule has 0 atom stereocenters. The normalized spacial score (nSPS) is 11.0. The lowest BCUT2D eigenvalue weighted by Crippen LogP contribution is -2.37. The van der Waals surface area contributed by atoms with E-state index in [0.29, 0.717) is 0 Å². The number of aromatic nitrogens is 1. The number of hydrogen-bond donors (Lipinski definition) is 2. The van der Waals surface area contributed by atoms with Crippen molar-refractivity contribution in [2.24, 2.45) is 4.99 Å². The molecular formula is C17H25IN4S. The number of nitrogens with one attached hydrogen (secondary N) is 2. The van der Waals surface area contributed by atoms with Gasteiger partial charge in [0.2, 0.25) is 0 Å². The van der Waals surface area contributed by atoms with Crippen LogP contribution in [0.25, 0.3) is 0 Å². The maximum absolute atomic E-state index is 4.48. The van der Waals surface area contributed by atoms with Crippen LogP contribution < -0.4 is 10.6 Å². The molecule has 0 spiro atoms. The smallest absolute Gasteiger partial charge is 0.191 e. The first-order valence-electron chi connectivity index (χ1n) is 7.58. The van der Waals surface area contributed by atoms with Gasteiger partial charge in [0.25, 0.3) is 0 Å². The molecule has 0 radical (unpaired) electrons. The largest absolute Gasteiger partial charge is 0.356 e. The molecule has 1 aromatic carbocycles. The summed E-state index contributed by atoms with van der Waals surface area (Å²) in [5.74, 6) is 0.844. The molecule has 1 heterocycles. The van der Waals surface area contributed by atoms with Gasteiger partial charge in [0.05, 0.1) is 5.01 Å². The zero-order valence-electron chi connectivity index (χ0n) is 13.9. The van der Waals surface area contributed by atoms with Crippen LogP contribution in [0, 0.1) is 13.8 Å². The van der Waals surface area contributed by atoms with E-state index in [2.05, 4.69) is 57.2 Å². The summed E-state index contributed by atoms with van der Waals surface area (Å²) in [6, 6.07) is 8.50. The third-order valence-corrected chi connectivity index (χ3v) is 4.32. The minimum absolute atomic E-state index is 0. The Kier molecular flexibility index (Phi) is 9.16. The Labute approximate surface area is 159 Å². The average molecular weight is 444 g/mol. The van der Waals surface area contributed by atoms with E-state index in [-0.39, 0.29) is 24.0 Å². The van der Waals surface area contributed by atoms with Crippen LogP contribution in [0.1, 0.15) is 28.2 Å². The van der Waals surface area contributed by atoms with Gasteiger partial charge in [-0.2, -0.15) is 0 Å². The third-order valence-electron chi connectivity index (χ3n) is 3.29. The number of thiazole rings is 1. The van der Waals surface area contributed by atoms with E-state index in [1.807, 2.05) is 6.92 Å². The van der Waals surface area contributed by atoms with Crippen LogP contribution in [0.2, 0.25) is 0 Å². The van der Waals surface area contributed by atoms with Crippen molar-refractivity contribution < 1.29 is 0 Å². The number of halogens is 1. The van der Waals surface area contributed by atoms with Crippen LogP contribution in [0.5, 0.6) is 0 Å². The monoisotopic (exact) mass is 444 g/mol. The standard InChI is InChI=1S/C17H24N4S.HI/c1-13-6-4-7-15(10-13)11-20-17(18-3)19-9-5-8-16-21-14(2)12-22-16;/h4,6-7,10,12H,5,8-9,11H2,1-3H3,(H2,18,19,20);1H. The molecule has 0 aliphatic carbocycles. The first kappa shape index (κ1) is 19.9. The topological polar surface area (TPSA) is 49.3 Å². The molecule has 0 aliphatic heterocycles. The Morgan fingerprint density at radius 3 is 2.74 bits per heavy atom. The Morgan fingerprint density at radius 2 is 2.09 bits per heavy atom. The van der Waals surface area contributed by atoms with Gasteiger partial charge in [0.15, 0.2) is 5.96 Å². The summed E-state index contributed by atoms with van der Waals surface area (Å²) in [6.45, 7) is 5.82. The van der Waals surface area contributed by atoms with E-state index in [1.165, 1.54) is 16.1 Å². The summed E-state index contributed by atoms with van der Waals surface area (Å²) in [5.41, 5.74) is 3.66. The van der Waals surface area contributed by atoms with Gasteiger partial charge in [-0.05, 0) is 25.8 Å². The highest BCUT2D eigenvalue weighted by atomic mass is 127. The average Bonchev–Trinajstić information content (AvgIpc) is 2.92. The minimum atomic E-state index is 0. The highest BCUT2D eigenvalue weighted by Crippen LogP contribution is 2.10. The lowest BCUT2D eigenvalue weighted by molar-refractivity contribution is 0.739. The van der Waals surface area contributed by atoms with Gasteiger partial charge < -0.3 is 10.6 Å². The van der Waals surface area contributed by atoms with E-state index in [1.54, 1.807) is 18.4 Å². The first-order valence-corrected chi connectivity index (χ1v) is 8.46. The molecule has 0 unspecified atom stereocenters. The van der Waals surface area contributed by atoms with E-state index >= 15 is 0 Å². The molecule has 0 saturated heterocycles. The number of hydrogen-bond acceptors (Lipinski definition) is 3. The maximum Gasteiger partial charge on any atom is 0.191 e. The first-order chi connectivity index (χ1) is 10.7. The van der Waals surface area contributed by atoms with Crippen molar-refractivity contribution in [2.75, 3.05) is 13.6 Å². The molecule has 0 saturated carbocycles. The molecular weight excluding hydrogens is 419 g/mol. The highest BCUT2D eigenvalue weighted by Gasteiger charge is 2.01. The number of nitrogens with zero attached hydrogens (tertiary/aromatic N) is 2. The van der Waals surface area contributed by atoms with Crippen molar-refractivity contribution in [3.05, 3.63) is 51.5 Å². The van der Waals surface area contributed by atoms with Gasteiger partial charge >= 0.3 is 0 Å². The predicted octanol–water partition coefficient (Wildman–Crippen LogP) is 3.68. The molecule has 6 heteroatoms.